The second-order valence-corrected chi connectivity index (χ2v) is 6.74. The number of aliphatic hydroxyl groups excluding tert-OH is 1. The highest BCUT2D eigenvalue weighted by molar-refractivity contribution is 5.91. The Morgan fingerprint density at radius 1 is 1.45 bits per heavy atom. The second-order valence-electron chi connectivity index (χ2n) is 6.74. The Morgan fingerprint density at radius 2 is 2.32 bits per heavy atom. The van der Waals surface area contributed by atoms with Gasteiger partial charge in [0.05, 0.1) is 0 Å². The van der Waals surface area contributed by atoms with Gasteiger partial charge in [-0.05, 0) is 48.6 Å². The van der Waals surface area contributed by atoms with Gasteiger partial charge < -0.3 is 10.1 Å². The summed E-state index contributed by atoms with van der Waals surface area (Å²) in [7, 11) is 0. The normalized spacial score (nSPS) is 27.8. The lowest BCUT2D eigenvalue weighted by Gasteiger charge is -2.46. The van der Waals surface area contributed by atoms with E-state index in [1.807, 2.05) is 6.08 Å². The van der Waals surface area contributed by atoms with Crippen LogP contribution in [0.25, 0.3) is 17.0 Å². The first-order valence-corrected chi connectivity index (χ1v) is 8.37. The van der Waals surface area contributed by atoms with E-state index in [-0.39, 0.29) is 0 Å². The van der Waals surface area contributed by atoms with Crippen LogP contribution in [0.15, 0.2) is 24.8 Å². The third kappa shape index (κ3) is 1.89. The molecule has 1 aromatic heterocycles. The molecule has 0 unspecified atom stereocenters. The molecule has 1 aromatic carbocycles. The number of aliphatic hydroxyl groups is 1. The van der Waals surface area contributed by atoms with Gasteiger partial charge in [-0.1, -0.05) is 25.6 Å². The maximum absolute atomic E-state index is 9.68. The highest BCUT2D eigenvalue weighted by atomic mass is 16.3. The summed E-state index contributed by atoms with van der Waals surface area (Å²) in [5, 5.41) is 11.1. The van der Waals surface area contributed by atoms with Crippen LogP contribution in [0.4, 0.5) is 0 Å². The fourth-order valence-corrected chi connectivity index (χ4v) is 4.68. The number of aromatic nitrogens is 1. The van der Waals surface area contributed by atoms with E-state index in [1.165, 1.54) is 27.7 Å². The number of nitrogens with one attached hydrogen (secondary N) is 1. The molecular weight excluding hydrogens is 272 g/mol. The van der Waals surface area contributed by atoms with Crippen molar-refractivity contribution in [2.75, 3.05) is 19.7 Å². The number of aromatic amines is 1. The molecule has 0 amide bonds. The van der Waals surface area contributed by atoms with Crippen molar-refractivity contribution in [1.29, 1.82) is 0 Å². The summed E-state index contributed by atoms with van der Waals surface area (Å²) in [6.45, 7) is 8.59. The van der Waals surface area contributed by atoms with Gasteiger partial charge in [-0.3, -0.25) is 4.90 Å². The van der Waals surface area contributed by atoms with Gasteiger partial charge in [-0.2, -0.15) is 0 Å². The third-order valence-corrected chi connectivity index (χ3v) is 5.69. The third-order valence-electron chi connectivity index (χ3n) is 5.69. The lowest BCUT2D eigenvalue weighted by molar-refractivity contribution is 0.0612. The number of benzene rings is 1. The van der Waals surface area contributed by atoms with E-state index >= 15 is 0 Å². The Labute approximate surface area is 131 Å². The van der Waals surface area contributed by atoms with Gasteiger partial charge in [-0.25, -0.2) is 0 Å². The van der Waals surface area contributed by atoms with Gasteiger partial charge in [0.2, 0.25) is 0 Å². The number of nitrogens with zero attached hydrogens (tertiary/aromatic N) is 1. The molecule has 3 nitrogen and oxygen atoms in total. The largest absolute Gasteiger partial charge is 0.396 e. The molecular formula is C19H24N2O. The van der Waals surface area contributed by atoms with Crippen molar-refractivity contribution in [3.8, 4) is 0 Å². The predicted molar refractivity (Wildman–Crippen MR) is 91.1 cm³/mol. The summed E-state index contributed by atoms with van der Waals surface area (Å²) in [6, 6.07) is 7.17. The zero-order valence-electron chi connectivity index (χ0n) is 13.2. The van der Waals surface area contributed by atoms with Gasteiger partial charge in [0.15, 0.2) is 0 Å². The van der Waals surface area contributed by atoms with Gasteiger partial charge in [0.25, 0.3) is 0 Å². The number of likely N-dealkylation sites (tertiary alicyclic amines) is 1. The van der Waals surface area contributed by atoms with Crippen molar-refractivity contribution < 1.29 is 5.11 Å². The first-order valence-electron chi connectivity index (χ1n) is 8.37. The zero-order valence-corrected chi connectivity index (χ0v) is 13.2. The topological polar surface area (TPSA) is 39.3 Å². The highest BCUT2D eigenvalue weighted by Crippen LogP contribution is 2.45. The Morgan fingerprint density at radius 3 is 3.05 bits per heavy atom. The van der Waals surface area contributed by atoms with Crippen LogP contribution in [-0.2, 0) is 6.42 Å². The molecule has 22 heavy (non-hydrogen) atoms. The molecule has 4 rings (SSSR count). The highest BCUT2D eigenvalue weighted by Gasteiger charge is 2.40. The molecule has 0 radical (unpaired) electrons. The summed E-state index contributed by atoms with van der Waals surface area (Å²) < 4.78 is 0. The molecule has 2 heterocycles. The molecule has 1 aliphatic heterocycles. The van der Waals surface area contributed by atoms with Crippen LogP contribution in [0.5, 0.6) is 0 Å². The van der Waals surface area contributed by atoms with Crippen LogP contribution in [0.1, 0.15) is 36.1 Å². The van der Waals surface area contributed by atoms with Crippen molar-refractivity contribution in [2.24, 2.45) is 5.92 Å². The number of likely N-dealkylation sites (N-methyl/N-ethyl adjacent to an activating group) is 1. The van der Waals surface area contributed by atoms with Crippen LogP contribution < -0.4 is 0 Å². The Balaban J connectivity index is 1.89. The van der Waals surface area contributed by atoms with Crippen molar-refractivity contribution in [3.05, 3.63) is 41.6 Å². The molecule has 1 aliphatic carbocycles. The molecule has 3 atom stereocenters. The van der Waals surface area contributed by atoms with E-state index in [0.29, 0.717) is 24.5 Å². The molecule has 0 saturated carbocycles. The Hall–Kier alpha value is -1.58. The van der Waals surface area contributed by atoms with Gasteiger partial charge in [0, 0.05) is 41.7 Å². The van der Waals surface area contributed by atoms with Gasteiger partial charge in [-0.15, -0.1) is 0 Å². The maximum Gasteiger partial charge on any atom is 0.0471 e. The lowest BCUT2D eigenvalue weighted by atomic mass is 9.72. The number of fused-ring (bicyclic) bond motifs is 2. The summed E-state index contributed by atoms with van der Waals surface area (Å²) in [5.74, 6) is 0.936. The smallest absolute Gasteiger partial charge is 0.0471 e. The quantitative estimate of drug-likeness (QED) is 0.913. The van der Waals surface area contributed by atoms with Crippen molar-refractivity contribution in [1.82, 2.24) is 9.88 Å². The molecule has 1 fully saturated rings. The minimum atomic E-state index is 0.299. The second kappa shape index (κ2) is 5.25. The minimum absolute atomic E-state index is 0.299. The molecule has 2 aromatic rings. The van der Waals surface area contributed by atoms with Crippen molar-refractivity contribution >= 4 is 17.0 Å². The van der Waals surface area contributed by atoms with Crippen LogP contribution in [-0.4, -0.2) is 40.7 Å². The summed E-state index contributed by atoms with van der Waals surface area (Å²) >= 11 is 0. The molecule has 2 aliphatic rings. The van der Waals surface area contributed by atoms with E-state index in [0.717, 1.165) is 25.9 Å². The molecule has 0 spiro atoms. The average molecular weight is 296 g/mol. The van der Waals surface area contributed by atoms with Crippen LogP contribution >= 0.6 is 0 Å². The standard InChI is InChI=1S/C19H24N2O/c1-3-16-15-9-18-14(8-12(11-22)10-21(18)4-2)13-6-5-7-17(20-16)19(13)15/h3,5-7,12,14,18,20,22H,1,4,8-11H2,2H3/t12-,14-,18-/m1/s1. The van der Waals surface area contributed by atoms with Crippen LogP contribution in [0, 0.1) is 5.92 Å². The van der Waals surface area contributed by atoms with Gasteiger partial charge >= 0.3 is 0 Å². The average Bonchev–Trinajstić information content (AvgIpc) is 2.93. The fourth-order valence-electron chi connectivity index (χ4n) is 4.68. The fraction of sp³-hybridized carbons (Fsp3) is 0.474. The minimum Gasteiger partial charge on any atom is -0.396 e. The number of piperidine rings is 1. The zero-order chi connectivity index (χ0) is 15.3. The van der Waals surface area contributed by atoms with Crippen molar-refractivity contribution in [3.63, 3.8) is 0 Å². The Bertz CT molecular complexity index is 718. The number of hydrogen-bond donors (Lipinski definition) is 2. The summed E-state index contributed by atoms with van der Waals surface area (Å²) in [4.78, 5) is 6.09. The van der Waals surface area contributed by atoms with Crippen LogP contribution in [0.3, 0.4) is 0 Å². The van der Waals surface area contributed by atoms with E-state index in [1.54, 1.807) is 0 Å². The van der Waals surface area contributed by atoms with Crippen molar-refractivity contribution in [2.45, 2.75) is 31.7 Å². The summed E-state index contributed by atoms with van der Waals surface area (Å²) in [6.07, 6.45) is 4.15. The molecule has 1 saturated heterocycles. The lowest BCUT2D eigenvalue weighted by Crippen LogP contribution is -2.50. The van der Waals surface area contributed by atoms with E-state index in [4.69, 9.17) is 0 Å². The molecule has 116 valence electrons. The maximum atomic E-state index is 9.68. The number of rotatable bonds is 3. The van der Waals surface area contributed by atoms with Crippen LogP contribution in [0.2, 0.25) is 0 Å². The predicted octanol–water partition coefficient (Wildman–Crippen LogP) is 3.15. The number of hydrogen-bond acceptors (Lipinski definition) is 2. The first-order chi connectivity index (χ1) is 10.8. The molecule has 2 N–H and O–H groups in total. The first kappa shape index (κ1) is 14.0. The monoisotopic (exact) mass is 296 g/mol. The Kier molecular flexibility index (Phi) is 3.35. The SMILES string of the molecule is C=Cc1[nH]c2cccc3c2c1C[C@@H]1[C@@H]3C[C@@H](CO)CN1CC. The van der Waals surface area contributed by atoms with Gasteiger partial charge in [0.1, 0.15) is 0 Å². The van der Waals surface area contributed by atoms with E-state index < -0.39 is 0 Å². The number of H-pyrrole nitrogens is 1. The molecule has 0 bridgehead atoms. The summed E-state index contributed by atoms with van der Waals surface area (Å²) in [5.41, 5.74) is 5.31. The molecule has 3 heteroatoms. The van der Waals surface area contributed by atoms with E-state index in [9.17, 15) is 5.11 Å². The van der Waals surface area contributed by atoms with E-state index in [2.05, 4.69) is 41.6 Å².